The number of benzene rings is 6. The number of nitrogens with zero attached hydrogens (tertiary/aromatic N) is 7. The summed E-state index contributed by atoms with van der Waals surface area (Å²) in [5.74, 6) is 2.71. The van der Waals surface area contributed by atoms with Gasteiger partial charge in [-0.25, -0.2) is 9.13 Å². The van der Waals surface area contributed by atoms with Crippen LogP contribution in [0.1, 0.15) is 52.5 Å². The summed E-state index contributed by atoms with van der Waals surface area (Å²) in [6.45, 7) is 6.45. The van der Waals surface area contributed by atoms with Crippen LogP contribution in [0.25, 0.3) is 45.2 Å². The number of aromatic nitrogens is 7. The van der Waals surface area contributed by atoms with Crippen molar-refractivity contribution in [2.45, 2.75) is 59.3 Å². The molecule has 0 amide bonds. The first-order valence-corrected chi connectivity index (χ1v) is 20.9. The molecule has 3 heterocycles. The Morgan fingerprint density at radius 3 is 1.84 bits per heavy atom. The van der Waals surface area contributed by atoms with Crippen LogP contribution in [0.4, 0.5) is 0 Å². The van der Waals surface area contributed by atoms with E-state index in [0.717, 1.165) is 72.8 Å². The van der Waals surface area contributed by atoms with Gasteiger partial charge in [-0.2, -0.15) is 23.3 Å². The molecule has 0 spiro atoms. The second kappa shape index (κ2) is 19.9. The molecule has 6 aromatic carbocycles. The Morgan fingerprint density at radius 1 is 0.607 bits per heavy atom. The van der Waals surface area contributed by atoms with Crippen LogP contribution in [-0.4, -0.2) is 33.4 Å². The molecule has 0 unspecified atom stereocenters. The van der Waals surface area contributed by atoms with Gasteiger partial charge >= 0.3 is 0 Å². The van der Waals surface area contributed by atoms with Crippen molar-refractivity contribution in [3.05, 3.63) is 204 Å². The normalized spacial score (nSPS) is 11.0. The second-order valence-electron chi connectivity index (χ2n) is 15.5. The van der Waals surface area contributed by atoms with Crippen molar-refractivity contribution < 1.29 is 20.1 Å². The minimum Gasteiger partial charge on any atom is -0.340 e. The summed E-state index contributed by atoms with van der Waals surface area (Å²) in [6.07, 6.45) is 11.9. The van der Waals surface area contributed by atoms with Crippen LogP contribution in [0.2, 0.25) is 0 Å². The van der Waals surface area contributed by atoms with E-state index in [1.807, 2.05) is 54.5 Å². The Labute approximate surface area is 373 Å². The van der Waals surface area contributed by atoms with E-state index in [9.17, 15) is 0 Å². The van der Waals surface area contributed by atoms with Crippen molar-refractivity contribution in [1.82, 2.24) is 33.4 Å². The number of para-hydroxylation sites is 4. The van der Waals surface area contributed by atoms with Gasteiger partial charge in [0.2, 0.25) is 0 Å². The maximum atomic E-state index is 4.73. The molecule has 9 rings (SSSR count). The third-order valence-electron chi connectivity index (χ3n) is 11.0. The van der Waals surface area contributed by atoms with Crippen LogP contribution in [0.15, 0.2) is 146 Å². The molecule has 0 N–H and O–H groups in total. The van der Waals surface area contributed by atoms with Crippen LogP contribution in [-0.2, 0) is 66.3 Å². The molecule has 0 fully saturated rings. The van der Waals surface area contributed by atoms with E-state index in [1.54, 1.807) is 0 Å². The summed E-state index contributed by atoms with van der Waals surface area (Å²) in [5.41, 5.74) is 14.5. The Hall–Kier alpha value is -6.21. The van der Waals surface area contributed by atoms with E-state index in [4.69, 9.17) is 9.97 Å². The molecular weight excluding hydrogens is 927 g/mol. The zero-order valence-electron chi connectivity index (χ0n) is 35.6. The van der Waals surface area contributed by atoms with Crippen LogP contribution in [0.3, 0.4) is 0 Å². The summed E-state index contributed by atoms with van der Waals surface area (Å²) < 4.78 is 8.33. The largest absolute Gasteiger partial charge is 0.340 e. The molecule has 309 valence electrons. The summed E-state index contributed by atoms with van der Waals surface area (Å²) in [4.78, 5) is 9.44. The fraction of sp³-hybridized carbons (Fsp3) is 0.208. The van der Waals surface area contributed by atoms with E-state index in [0.29, 0.717) is 0 Å². The van der Waals surface area contributed by atoms with Gasteiger partial charge in [0.1, 0.15) is 5.82 Å². The molecule has 0 atom stereocenters. The van der Waals surface area contributed by atoms with Crippen molar-refractivity contribution in [3.63, 3.8) is 0 Å². The van der Waals surface area contributed by atoms with Gasteiger partial charge in [-0.05, 0) is 80.3 Å². The molecule has 1 radical (unpaired) electrons. The smallest absolute Gasteiger partial charge is 0.188 e. The Bertz CT molecular complexity index is 2810. The number of imidazole rings is 2. The second-order valence-corrected chi connectivity index (χ2v) is 15.5. The van der Waals surface area contributed by atoms with Crippen molar-refractivity contribution in [2.24, 2.45) is 14.1 Å². The van der Waals surface area contributed by atoms with Gasteiger partial charge in [-0.15, -0.1) is 82.9 Å². The molecule has 61 heavy (non-hydrogen) atoms. The van der Waals surface area contributed by atoms with Crippen molar-refractivity contribution in [3.8, 4) is 34.2 Å². The van der Waals surface area contributed by atoms with E-state index >= 15 is 0 Å². The van der Waals surface area contributed by atoms with E-state index < -0.39 is 0 Å². The molecule has 0 bridgehead atoms. The standard InChI is InChI=1S/C39H39N5.C14H12N2.Ir/c1-5-9-36-41-39(43(4)42-36)35-15-8-13-33(27-35)23-21-31-18-16-30(17-19-31)20-22-32-12-7-14-34(26-32)38-40-24-25-44(38)37-28(2)10-6-11-29(37)3;1-15-11-16(12-7-3-2-4-8-12)14-10-6-5-9-13(14)15;/h6-8,10-13,16-19,24-27H,5,9,20-23H2,1-4H3;2-7,9-11H,1H3;/q-2;;. The zero-order chi connectivity index (χ0) is 41.4. The Balaban J connectivity index is 0.000000275. The molecule has 7 nitrogen and oxygen atoms in total. The summed E-state index contributed by atoms with van der Waals surface area (Å²) in [7, 11) is 4.02. The molecular formula is C53H51IrN7-2. The third kappa shape index (κ3) is 10.1. The van der Waals surface area contributed by atoms with Gasteiger partial charge in [0.25, 0.3) is 0 Å². The molecule has 9 aromatic rings. The first kappa shape index (κ1) is 42.9. The first-order valence-electron chi connectivity index (χ1n) is 20.9. The quantitative estimate of drug-likeness (QED) is 0.115. The van der Waals surface area contributed by atoms with Gasteiger partial charge in [0.15, 0.2) is 17.4 Å². The van der Waals surface area contributed by atoms with Crippen molar-refractivity contribution >= 4 is 11.0 Å². The van der Waals surface area contributed by atoms with Crippen molar-refractivity contribution in [1.29, 1.82) is 0 Å². The first-order chi connectivity index (χ1) is 29.3. The van der Waals surface area contributed by atoms with Gasteiger partial charge in [0, 0.05) is 76.5 Å². The van der Waals surface area contributed by atoms with Gasteiger partial charge in [0.05, 0.1) is 11.6 Å². The van der Waals surface area contributed by atoms with Crippen molar-refractivity contribution in [2.75, 3.05) is 0 Å². The van der Waals surface area contributed by atoms with Gasteiger partial charge in [-0.1, -0.05) is 49.4 Å². The fourth-order valence-corrected chi connectivity index (χ4v) is 7.91. The molecule has 0 saturated carbocycles. The maximum absolute atomic E-state index is 4.73. The average molecular weight is 978 g/mol. The van der Waals surface area contributed by atoms with E-state index in [1.165, 1.54) is 50.1 Å². The van der Waals surface area contributed by atoms with Crippen LogP contribution in [0, 0.1) is 32.0 Å². The molecule has 8 heteroatoms. The van der Waals surface area contributed by atoms with Crippen LogP contribution in [0.5, 0.6) is 0 Å². The number of hydrogen-bond donors (Lipinski definition) is 0. The van der Waals surface area contributed by atoms with Gasteiger partial charge in [-0.3, -0.25) is 14.6 Å². The fourth-order valence-electron chi connectivity index (χ4n) is 7.91. The minimum absolute atomic E-state index is 0. The molecule has 0 saturated heterocycles. The molecule has 3 aromatic heterocycles. The van der Waals surface area contributed by atoms with E-state index in [-0.39, 0.29) is 20.1 Å². The number of aryl methyl sites for hydroxylation is 9. The topological polar surface area (TPSA) is 58.4 Å². The minimum atomic E-state index is 0. The third-order valence-corrected chi connectivity index (χ3v) is 11.0. The SMILES string of the molecule is CCCc1nc(-c2[c-]ccc(CCc3ccc(CCc4cc[c-]c(-c5nccn5-c5c(C)cccc5C)c4)cc3)c2)n(C)n1.Cn1[cH+]n(-c2[c-]cccc2)c2ccccc21.[Ir]. The zero-order valence-corrected chi connectivity index (χ0v) is 38.0. The van der Waals surface area contributed by atoms with E-state index in [2.05, 4.69) is 168 Å². The summed E-state index contributed by atoms with van der Waals surface area (Å²) in [5, 5.41) is 4.56. The predicted molar refractivity (Wildman–Crippen MR) is 243 cm³/mol. The number of rotatable bonds is 12. The number of hydrogen-bond acceptors (Lipinski definition) is 3. The Morgan fingerprint density at radius 2 is 1.21 bits per heavy atom. The number of fused-ring (bicyclic) bond motifs is 1. The Kier molecular flexibility index (Phi) is 14.0. The molecule has 0 aliphatic heterocycles. The van der Waals surface area contributed by atoms with Gasteiger partial charge < -0.3 is 4.57 Å². The van der Waals surface area contributed by atoms with Crippen LogP contribution < -0.4 is 0 Å². The monoisotopic (exact) mass is 978 g/mol. The average Bonchev–Trinajstić information content (AvgIpc) is 4.00. The molecule has 0 aliphatic carbocycles. The van der Waals surface area contributed by atoms with Crippen LogP contribution >= 0.6 is 0 Å². The molecule has 0 aliphatic rings. The summed E-state index contributed by atoms with van der Waals surface area (Å²) in [6, 6.07) is 54.7. The maximum Gasteiger partial charge on any atom is 0.188 e. The predicted octanol–water partition coefficient (Wildman–Crippen LogP) is 11.1. The summed E-state index contributed by atoms with van der Waals surface area (Å²) >= 11 is 0.